The zero-order chi connectivity index (χ0) is 10.2. The maximum absolute atomic E-state index is 5.66. The molecule has 0 spiro atoms. The Bertz CT molecular complexity index is 253. The molecule has 0 saturated heterocycles. The van der Waals surface area contributed by atoms with Gasteiger partial charge in [0.1, 0.15) is 6.61 Å². The minimum absolute atomic E-state index is 0.464. The molecule has 0 aliphatic heterocycles. The normalized spacial score (nSPS) is 10.1. The van der Waals surface area contributed by atoms with E-state index in [0.29, 0.717) is 36.6 Å². The molecule has 0 N–H and O–H groups in total. The number of nitrogens with zero attached hydrogens (tertiary/aromatic N) is 1. The molecule has 78 valence electrons. The van der Waals surface area contributed by atoms with Gasteiger partial charge < -0.3 is 9.47 Å². The molecule has 0 aliphatic rings. The highest BCUT2D eigenvalue weighted by Crippen LogP contribution is 2.10. The van der Waals surface area contributed by atoms with E-state index in [1.807, 2.05) is 0 Å². The average Bonchev–Trinajstić information content (AvgIpc) is 2.21. The molecule has 3 nitrogen and oxygen atoms in total. The Morgan fingerprint density at radius 1 is 1.21 bits per heavy atom. The van der Waals surface area contributed by atoms with Crippen LogP contribution in [0.4, 0.5) is 0 Å². The van der Waals surface area contributed by atoms with E-state index >= 15 is 0 Å². The third kappa shape index (κ3) is 4.65. The van der Waals surface area contributed by atoms with Gasteiger partial charge in [-0.15, -0.1) is 11.6 Å². The molecule has 0 radical (unpaired) electrons. The van der Waals surface area contributed by atoms with Crippen molar-refractivity contribution in [1.82, 2.24) is 4.98 Å². The lowest BCUT2D eigenvalue weighted by Gasteiger charge is -2.04. The van der Waals surface area contributed by atoms with Crippen molar-refractivity contribution >= 4 is 23.2 Å². The van der Waals surface area contributed by atoms with Crippen molar-refractivity contribution < 1.29 is 9.47 Å². The summed E-state index contributed by atoms with van der Waals surface area (Å²) < 4.78 is 10.4. The SMILES string of the molecule is ClCCOCCOc1ccc(Cl)cn1. The van der Waals surface area contributed by atoms with E-state index in [1.54, 1.807) is 12.1 Å². The predicted octanol–water partition coefficient (Wildman–Crippen LogP) is 2.37. The van der Waals surface area contributed by atoms with Crippen molar-refractivity contribution in [2.24, 2.45) is 0 Å². The number of pyridine rings is 1. The van der Waals surface area contributed by atoms with Crippen molar-refractivity contribution in [2.45, 2.75) is 0 Å². The highest BCUT2D eigenvalue weighted by Gasteiger charge is 1.94. The smallest absolute Gasteiger partial charge is 0.213 e. The highest BCUT2D eigenvalue weighted by molar-refractivity contribution is 6.30. The first-order valence-corrected chi connectivity index (χ1v) is 5.12. The summed E-state index contributed by atoms with van der Waals surface area (Å²) in [4.78, 5) is 3.96. The molecule has 0 unspecified atom stereocenters. The molecular formula is C9H11Cl2NO2. The Kier molecular flexibility index (Phi) is 5.68. The van der Waals surface area contributed by atoms with Crippen LogP contribution < -0.4 is 4.74 Å². The summed E-state index contributed by atoms with van der Waals surface area (Å²) in [7, 11) is 0. The largest absolute Gasteiger partial charge is 0.475 e. The Morgan fingerprint density at radius 2 is 2.07 bits per heavy atom. The molecule has 1 rings (SSSR count). The average molecular weight is 236 g/mol. The maximum atomic E-state index is 5.66. The van der Waals surface area contributed by atoms with Gasteiger partial charge in [-0.05, 0) is 6.07 Å². The summed E-state index contributed by atoms with van der Waals surface area (Å²) in [6.07, 6.45) is 1.54. The summed E-state index contributed by atoms with van der Waals surface area (Å²) in [6, 6.07) is 3.44. The Labute approximate surface area is 92.9 Å². The van der Waals surface area contributed by atoms with Crippen LogP contribution in [0.1, 0.15) is 0 Å². The van der Waals surface area contributed by atoms with Crippen molar-refractivity contribution in [3.8, 4) is 5.88 Å². The fraction of sp³-hybridized carbons (Fsp3) is 0.444. The topological polar surface area (TPSA) is 31.4 Å². The molecule has 0 saturated carbocycles. The van der Waals surface area contributed by atoms with Gasteiger partial charge in [0, 0.05) is 18.1 Å². The van der Waals surface area contributed by atoms with Crippen LogP contribution in [0.5, 0.6) is 5.88 Å². The van der Waals surface area contributed by atoms with Gasteiger partial charge >= 0.3 is 0 Å². The molecule has 1 heterocycles. The molecule has 1 aromatic rings. The summed E-state index contributed by atoms with van der Waals surface area (Å²) in [5, 5.41) is 0.593. The molecule has 0 amide bonds. The quantitative estimate of drug-likeness (QED) is 0.561. The lowest BCUT2D eigenvalue weighted by molar-refractivity contribution is 0.109. The number of ether oxygens (including phenoxy) is 2. The molecule has 0 aliphatic carbocycles. The van der Waals surface area contributed by atoms with Crippen LogP contribution >= 0.6 is 23.2 Å². The number of hydrogen-bond acceptors (Lipinski definition) is 3. The second kappa shape index (κ2) is 6.87. The van der Waals surface area contributed by atoms with Crippen molar-refractivity contribution in [3.05, 3.63) is 23.4 Å². The van der Waals surface area contributed by atoms with Gasteiger partial charge in [0.25, 0.3) is 0 Å². The monoisotopic (exact) mass is 235 g/mol. The van der Waals surface area contributed by atoms with Gasteiger partial charge in [0.2, 0.25) is 5.88 Å². The van der Waals surface area contributed by atoms with E-state index in [1.165, 1.54) is 6.20 Å². The van der Waals surface area contributed by atoms with Gasteiger partial charge in [-0.25, -0.2) is 4.98 Å². The third-order valence-corrected chi connectivity index (χ3v) is 1.78. The minimum atomic E-state index is 0.464. The van der Waals surface area contributed by atoms with E-state index < -0.39 is 0 Å². The lowest BCUT2D eigenvalue weighted by atomic mass is 10.5. The van der Waals surface area contributed by atoms with Gasteiger partial charge in [-0.2, -0.15) is 0 Å². The van der Waals surface area contributed by atoms with Crippen LogP contribution in [-0.4, -0.2) is 30.7 Å². The number of hydrogen-bond donors (Lipinski definition) is 0. The third-order valence-electron chi connectivity index (χ3n) is 1.40. The molecule has 14 heavy (non-hydrogen) atoms. The van der Waals surface area contributed by atoms with Crippen LogP contribution in [0.25, 0.3) is 0 Å². The Hall–Kier alpha value is -0.510. The van der Waals surface area contributed by atoms with Crippen molar-refractivity contribution in [2.75, 3.05) is 25.7 Å². The zero-order valence-corrected chi connectivity index (χ0v) is 9.09. The molecule has 0 aromatic carbocycles. The number of halogens is 2. The fourth-order valence-corrected chi connectivity index (χ4v) is 1.03. The molecule has 0 bridgehead atoms. The zero-order valence-electron chi connectivity index (χ0n) is 7.58. The van der Waals surface area contributed by atoms with E-state index in [9.17, 15) is 0 Å². The summed E-state index contributed by atoms with van der Waals surface area (Å²) >= 11 is 11.1. The van der Waals surface area contributed by atoms with Crippen LogP contribution in [0.2, 0.25) is 5.02 Å². The summed E-state index contributed by atoms with van der Waals surface area (Å²) in [5.41, 5.74) is 0. The van der Waals surface area contributed by atoms with E-state index in [0.717, 1.165) is 0 Å². The van der Waals surface area contributed by atoms with E-state index in [-0.39, 0.29) is 0 Å². The molecule has 0 fully saturated rings. The summed E-state index contributed by atoms with van der Waals surface area (Å²) in [5.74, 6) is 1.04. The molecule has 1 aromatic heterocycles. The summed E-state index contributed by atoms with van der Waals surface area (Å²) in [6.45, 7) is 1.52. The molecule has 0 atom stereocenters. The van der Waals surface area contributed by atoms with E-state index in [4.69, 9.17) is 32.7 Å². The van der Waals surface area contributed by atoms with Crippen LogP contribution in [-0.2, 0) is 4.74 Å². The highest BCUT2D eigenvalue weighted by atomic mass is 35.5. The number of aromatic nitrogens is 1. The van der Waals surface area contributed by atoms with E-state index in [2.05, 4.69) is 4.98 Å². The Balaban J connectivity index is 2.15. The lowest BCUT2D eigenvalue weighted by Crippen LogP contribution is -2.08. The van der Waals surface area contributed by atoms with Crippen molar-refractivity contribution in [3.63, 3.8) is 0 Å². The Morgan fingerprint density at radius 3 is 2.71 bits per heavy atom. The second-order valence-corrected chi connectivity index (χ2v) is 3.28. The van der Waals surface area contributed by atoms with Gasteiger partial charge in [0.15, 0.2) is 0 Å². The number of rotatable bonds is 6. The first-order chi connectivity index (χ1) is 6.83. The predicted molar refractivity (Wildman–Crippen MR) is 56.3 cm³/mol. The van der Waals surface area contributed by atoms with Crippen molar-refractivity contribution in [1.29, 1.82) is 0 Å². The molecule has 5 heteroatoms. The van der Waals surface area contributed by atoms with Crippen LogP contribution in [0, 0.1) is 0 Å². The standard InChI is InChI=1S/C9H11Cl2NO2/c10-3-4-13-5-6-14-9-2-1-8(11)7-12-9/h1-2,7H,3-6H2. The molecular weight excluding hydrogens is 225 g/mol. The number of alkyl halides is 1. The second-order valence-electron chi connectivity index (χ2n) is 2.46. The van der Waals surface area contributed by atoms with Crippen LogP contribution in [0.15, 0.2) is 18.3 Å². The first kappa shape index (κ1) is 11.6. The van der Waals surface area contributed by atoms with Gasteiger partial charge in [0.05, 0.1) is 18.2 Å². The van der Waals surface area contributed by atoms with Gasteiger partial charge in [-0.3, -0.25) is 0 Å². The minimum Gasteiger partial charge on any atom is -0.475 e. The fourth-order valence-electron chi connectivity index (χ4n) is 0.809. The first-order valence-electron chi connectivity index (χ1n) is 4.21. The van der Waals surface area contributed by atoms with Crippen LogP contribution in [0.3, 0.4) is 0 Å². The maximum Gasteiger partial charge on any atom is 0.213 e. The van der Waals surface area contributed by atoms with Gasteiger partial charge in [-0.1, -0.05) is 11.6 Å².